The monoisotopic (exact) mass is 416 g/mol. The lowest BCUT2D eigenvalue weighted by Crippen LogP contribution is -2.20. The van der Waals surface area contributed by atoms with Crippen molar-refractivity contribution in [3.05, 3.63) is 69.1 Å². The maximum absolute atomic E-state index is 12.6. The van der Waals surface area contributed by atoms with Crippen LogP contribution in [-0.2, 0) is 11.3 Å². The average Bonchev–Trinajstić information content (AvgIpc) is 3.17. The lowest BCUT2D eigenvalue weighted by atomic mass is 9.99. The summed E-state index contributed by atoms with van der Waals surface area (Å²) in [7, 11) is 2.17. The van der Waals surface area contributed by atoms with Crippen LogP contribution < -0.4 is 5.56 Å². The minimum Gasteiger partial charge on any atom is -0.308 e. The molecule has 0 radical (unpaired) electrons. The zero-order chi connectivity index (χ0) is 20.1. The molecule has 4 rings (SSSR count). The molecule has 28 heavy (non-hydrogen) atoms. The number of carbonyl (C=O) groups is 1. The Hall–Kier alpha value is -2.14. The molecular formula is C22H22Cl2N2O2. The third-order valence-corrected chi connectivity index (χ3v) is 5.58. The van der Waals surface area contributed by atoms with Crippen LogP contribution in [0.4, 0.5) is 0 Å². The van der Waals surface area contributed by atoms with Gasteiger partial charge in [0.25, 0.3) is 5.56 Å². The Balaban J connectivity index is 0.000000320. The van der Waals surface area contributed by atoms with E-state index < -0.39 is 0 Å². The first-order valence-electron chi connectivity index (χ1n) is 9.21. The molecule has 0 bridgehead atoms. The predicted octanol–water partition coefficient (Wildman–Crippen LogP) is 4.89. The van der Waals surface area contributed by atoms with Gasteiger partial charge in [-0.3, -0.25) is 4.79 Å². The second kappa shape index (κ2) is 9.37. The topological polar surface area (TPSA) is 42.3 Å². The third kappa shape index (κ3) is 4.64. The van der Waals surface area contributed by atoms with Crippen LogP contribution >= 0.6 is 23.2 Å². The van der Waals surface area contributed by atoms with E-state index in [2.05, 4.69) is 11.9 Å². The molecule has 1 aromatic heterocycles. The molecule has 146 valence electrons. The molecule has 2 heterocycles. The normalized spacial score (nSPS) is 14.0. The molecule has 0 amide bonds. The number of nitrogens with zero attached hydrogens (tertiary/aromatic N) is 2. The van der Waals surface area contributed by atoms with Crippen molar-refractivity contribution in [1.82, 2.24) is 9.47 Å². The minimum atomic E-state index is -0.203. The molecule has 1 aliphatic heterocycles. The summed E-state index contributed by atoms with van der Waals surface area (Å²) in [6.45, 7) is 2.67. The molecule has 0 unspecified atom stereocenters. The highest BCUT2D eigenvalue weighted by Gasteiger charge is 2.10. The van der Waals surface area contributed by atoms with E-state index in [1.807, 2.05) is 30.3 Å². The van der Waals surface area contributed by atoms with Crippen LogP contribution in [0.25, 0.3) is 21.9 Å². The molecular weight excluding hydrogens is 395 g/mol. The van der Waals surface area contributed by atoms with E-state index in [4.69, 9.17) is 23.2 Å². The first-order chi connectivity index (χ1) is 13.5. The number of halogens is 2. The summed E-state index contributed by atoms with van der Waals surface area (Å²) in [4.78, 5) is 25.7. The van der Waals surface area contributed by atoms with Gasteiger partial charge in [-0.25, -0.2) is 0 Å². The Labute approximate surface area is 174 Å². The van der Waals surface area contributed by atoms with Crippen molar-refractivity contribution >= 4 is 40.3 Å². The van der Waals surface area contributed by atoms with Gasteiger partial charge in [0.2, 0.25) is 0 Å². The van der Waals surface area contributed by atoms with Crippen LogP contribution in [0, 0.1) is 0 Å². The average molecular weight is 417 g/mol. The van der Waals surface area contributed by atoms with Gasteiger partial charge >= 0.3 is 0 Å². The van der Waals surface area contributed by atoms with Crippen molar-refractivity contribution in [2.75, 3.05) is 20.1 Å². The van der Waals surface area contributed by atoms with E-state index in [1.54, 1.807) is 18.3 Å². The summed E-state index contributed by atoms with van der Waals surface area (Å²) in [6, 6.07) is 12.7. The van der Waals surface area contributed by atoms with Gasteiger partial charge in [-0.1, -0.05) is 47.5 Å². The number of benzene rings is 2. The van der Waals surface area contributed by atoms with Gasteiger partial charge in [0.15, 0.2) is 0 Å². The first kappa shape index (κ1) is 20.6. The lowest BCUT2D eigenvalue weighted by Gasteiger charge is -2.09. The Morgan fingerprint density at radius 3 is 2.39 bits per heavy atom. The molecule has 1 saturated heterocycles. The van der Waals surface area contributed by atoms with Crippen molar-refractivity contribution in [3.63, 3.8) is 0 Å². The highest BCUT2D eigenvalue weighted by molar-refractivity contribution is 6.42. The number of aromatic nitrogens is 1. The van der Waals surface area contributed by atoms with Crippen LogP contribution in [0.3, 0.4) is 0 Å². The zero-order valence-corrected chi connectivity index (χ0v) is 17.2. The third-order valence-electron chi connectivity index (χ3n) is 4.84. The Morgan fingerprint density at radius 1 is 1.04 bits per heavy atom. The summed E-state index contributed by atoms with van der Waals surface area (Å²) in [5.41, 5.74) is 1.37. The van der Waals surface area contributed by atoms with E-state index >= 15 is 0 Å². The van der Waals surface area contributed by atoms with Crippen molar-refractivity contribution in [2.45, 2.75) is 19.4 Å². The van der Waals surface area contributed by atoms with Gasteiger partial charge in [0.05, 0.1) is 22.0 Å². The molecule has 0 saturated carbocycles. The SMILES string of the molecule is CN1CCCC1.O=CCn1ccc2cccc(-c3ccc(Cl)c(Cl)c3)c2c1=O. The number of carbonyl (C=O) groups excluding carboxylic acids is 1. The van der Waals surface area contributed by atoms with Gasteiger partial charge in [-0.05, 0) is 67.7 Å². The molecule has 0 aliphatic carbocycles. The predicted molar refractivity (Wildman–Crippen MR) is 116 cm³/mol. The maximum Gasteiger partial charge on any atom is 0.259 e. The first-order valence-corrected chi connectivity index (χ1v) is 9.96. The van der Waals surface area contributed by atoms with Gasteiger partial charge < -0.3 is 14.3 Å². The van der Waals surface area contributed by atoms with Gasteiger partial charge in [-0.2, -0.15) is 0 Å². The molecule has 6 heteroatoms. The van der Waals surface area contributed by atoms with Gasteiger partial charge in [0, 0.05) is 6.20 Å². The number of likely N-dealkylation sites (tertiary alicyclic amines) is 1. The fourth-order valence-electron chi connectivity index (χ4n) is 3.33. The highest BCUT2D eigenvalue weighted by atomic mass is 35.5. The largest absolute Gasteiger partial charge is 0.308 e. The van der Waals surface area contributed by atoms with Crippen molar-refractivity contribution in [1.29, 1.82) is 0 Å². The summed E-state index contributed by atoms with van der Waals surface area (Å²) in [6.07, 6.45) is 5.15. The summed E-state index contributed by atoms with van der Waals surface area (Å²) in [5.74, 6) is 0. The number of rotatable bonds is 3. The molecule has 4 nitrogen and oxygen atoms in total. The van der Waals surface area contributed by atoms with Gasteiger partial charge in [-0.15, -0.1) is 0 Å². The van der Waals surface area contributed by atoms with Crippen molar-refractivity contribution < 1.29 is 4.79 Å². The summed E-state index contributed by atoms with van der Waals surface area (Å²) in [5, 5.41) is 2.27. The van der Waals surface area contributed by atoms with E-state index in [0.717, 1.165) is 16.5 Å². The van der Waals surface area contributed by atoms with Crippen LogP contribution in [0.15, 0.2) is 53.5 Å². The number of fused-ring (bicyclic) bond motifs is 1. The fourth-order valence-corrected chi connectivity index (χ4v) is 3.63. The Bertz CT molecular complexity index is 1040. The zero-order valence-electron chi connectivity index (χ0n) is 15.7. The smallest absolute Gasteiger partial charge is 0.259 e. The Morgan fingerprint density at radius 2 is 1.79 bits per heavy atom. The van der Waals surface area contributed by atoms with E-state index in [-0.39, 0.29) is 12.1 Å². The summed E-state index contributed by atoms with van der Waals surface area (Å²) < 4.78 is 1.39. The standard InChI is InChI=1S/C17H11Cl2NO2.C5H11N/c18-14-5-4-12(10-15(14)19)13-3-1-2-11-6-7-20(8-9-21)17(22)16(11)13;1-6-4-2-3-5-6/h1-7,9-10H,8H2;2-5H2,1H3. The summed E-state index contributed by atoms with van der Waals surface area (Å²) >= 11 is 12.0. The van der Waals surface area contributed by atoms with Crippen LogP contribution in [-0.4, -0.2) is 35.9 Å². The molecule has 2 aromatic carbocycles. The van der Waals surface area contributed by atoms with Gasteiger partial charge in [0.1, 0.15) is 6.29 Å². The number of hydrogen-bond acceptors (Lipinski definition) is 3. The second-order valence-corrected chi connectivity index (χ2v) is 7.66. The van der Waals surface area contributed by atoms with Crippen molar-refractivity contribution in [3.8, 4) is 11.1 Å². The molecule has 0 spiro atoms. The second-order valence-electron chi connectivity index (χ2n) is 6.85. The Kier molecular flexibility index (Phi) is 6.89. The lowest BCUT2D eigenvalue weighted by molar-refractivity contribution is -0.108. The molecule has 1 fully saturated rings. The molecule has 0 atom stereocenters. The van der Waals surface area contributed by atoms with E-state index in [0.29, 0.717) is 21.7 Å². The maximum atomic E-state index is 12.6. The van der Waals surface area contributed by atoms with Crippen LogP contribution in [0.5, 0.6) is 0 Å². The van der Waals surface area contributed by atoms with Crippen molar-refractivity contribution in [2.24, 2.45) is 0 Å². The molecule has 0 N–H and O–H groups in total. The molecule has 3 aromatic rings. The molecule has 1 aliphatic rings. The highest BCUT2D eigenvalue weighted by Crippen LogP contribution is 2.31. The minimum absolute atomic E-state index is 0.0322. The number of aldehydes is 1. The number of hydrogen-bond donors (Lipinski definition) is 0. The fraction of sp³-hybridized carbons (Fsp3) is 0.273. The number of pyridine rings is 1. The van der Waals surface area contributed by atoms with E-state index in [1.165, 1.54) is 30.5 Å². The van der Waals surface area contributed by atoms with Crippen LogP contribution in [0.2, 0.25) is 10.0 Å². The quantitative estimate of drug-likeness (QED) is 0.570. The van der Waals surface area contributed by atoms with E-state index in [9.17, 15) is 9.59 Å². The van der Waals surface area contributed by atoms with Crippen LogP contribution in [0.1, 0.15) is 12.8 Å².